The number of hydrogen-bond acceptors (Lipinski definition) is 4. The molecule has 7 unspecified atom stereocenters. The fraction of sp³-hybridized carbons (Fsp3) is 0.857. The zero-order valence-electron chi connectivity index (χ0n) is 26.3. The molecule has 0 aromatic rings. The van der Waals surface area contributed by atoms with Gasteiger partial charge < -0.3 is 14.5 Å². The van der Waals surface area contributed by atoms with Crippen LogP contribution in [-0.2, 0) is 9.53 Å². The molecule has 0 aromatic carbocycles. The van der Waals surface area contributed by atoms with E-state index >= 15 is 0 Å². The van der Waals surface area contributed by atoms with Crippen LogP contribution in [0.1, 0.15) is 112 Å². The molecule has 0 N–H and O–H groups in total. The molecule has 0 heterocycles. The van der Waals surface area contributed by atoms with Crippen molar-refractivity contribution in [2.24, 2.45) is 40.9 Å². The Bertz CT molecular complexity index is 846. The van der Waals surface area contributed by atoms with E-state index in [-0.39, 0.29) is 12.1 Å². The first-order chi connectivity index (χ1) is 18.7. The van der Waals surface area contributed by atoms with Crippen molar-refractivity contribution in [1.29, 1.82) is 0 Å². The molecule has 4 nitrogen and oxygen atoms in total. The summed E-state index contributed by atoms with van der Waals surface area (Å²) in [5.74, 6) is 5.08. The molecule has 3 fully saturated rings. The van der Waals surface area contributed by atoms with Crippen LogP contribution >= 0.6 is 0 Å². The lowest BCUT2D eigenvalue weighted by atomic mass is 9.51. The predicted molar refractivity (Wildman–Crippen MR) is 163 cm³/mol. The van der Waals surface area contributed by atoms with Crippen molar-refractivity contribution < 1.29 is 9.53 Å². The Labute approximate surface area is 241 Å². The van der Waals surface area contributed by atoms with Gasteiger partial charge in [0.1, 0.15) is 6.10 Å². The minimum atomic E-state index is -0.179. The number of carbonyl (C=O) groups excluding carboxylic acids is 1. The summed E-state index contributed by atoms with van der Waals surface area (Å²) in [6.45, 7) is 15.9. The maximum Gasteiger partial charge on any atom is 0.332 e. The molecule has 0 bridgehead atoms. The van der Waals surface area contributed by atoms with Crippen LogP contribution in [0.15, 0.2) is 23.9 Å². The van der Waals surface area contributed by atoms with E-state index in [0.29, 0.717) is 5.41 Å². The number of carbonyl (C=O) groups is 1. The second-order valence-electron chi connectivity index (χ2n) is 14.2. The number of rotatable bonds is 13. The number of unbranched alkanes of at least 4 members (excludes halogenated alkanes) is 1. The summed E-state index contributed by atoms with van der Waals surface area (Å²) in [4.78, 5) is 17.1. The standard InChI is InChI=1S/C35H60N2O2/c1-7-37(8-2)24-23-36(6)22-20-34(38)39-29-15-17-30-27(25-29)13-16-32-31(30)19-21-35(5)28(14-18-33(32)35)12-10-9-11-26(3)4/h13,20,22,26,28-33H,7-12,14-19,21,23-25H2,1-6H3/b22-20+. The van der Waals surface area contributed by atoms with Gasteiger partial charge in [-0.1, -0.05) is 65.5 Å². The molecule has 0 spiro atoms. The molecule has 3 saturated carbocycles. The van der Waals surface area contributed by atoms with Gasteiger partial charge in [0, 0.05) is 38.8 Å². The third-order valence-electron chi connectivity index (χ3n) is 11.6. The van der Waals surface area contributed by atoms with Gasteiger partial charge in [0.15, 0.2) is 0 Å². The van der Waals surface area contributed by atoms with Gasteiger partial charge in [-0.05, 0) is 105 Å². The summed E-state index contributed by atoms with van der Waals surface area (Å²) in [6, 6.07) is 0. The van der Waals surface area contributed by atoms with Gasteiger partial charge in [-0.2, -0.15) is 0 Å². The first-order valence-corrected chi connectivity index (χ1v) is 16.7. The van der Waals surface area contributed by atoms with Crippen molar-refractivity contribution in [3.05, 3.63) is 23.9 Å². The minimum Gasteiger partial charge on any atom is -0.459 e. The van der Waals surface area contributed by atoms with Crippen LogP contribution in [0.2, 0.25) is 0 Å². The third kappa shape index (κ3) is 7.52. The van der Waals surface area contributed by atoms with Crippen LogP contribution in [-0.4, -0.2) is 55.1 Å². The van der Waals surface area contributed by atoms with Crippen LogP contribution in [0, 0.1) is 40.9 Å². The normalized spacial score (nSPS) is 34.1. The van der Waals surface area contributed by atoms with Crippen molar-refractivity contribution in [1.82, 2.24) is 9.80 Å². The maximum atomic E-state index is 12.6. The van der Waals surface area contributed by atoms with Gasteiger partial charge >= 0.3 is 5.97 Å². The van der Waals surface area contributed by atoms with Gasteiger partial charge in [-0.25, -0.2) is 4.79 Å². The lowest BCUT2D eigenvalue weighted by Crippen LogP contribution is -2.46. The highest BCUT2D eigenvalue weighted by atomic mass is 16.5. The molecule has 39 heavy (non-hydrogen) atoms. The quantitative estimate of drug-likeness (QED) is 0.102. The molecule has 0 saturated heterocycles. The topological polar surface area (TPSA) is 32.8 Å². The first-order valence-electron chi connectivity index (χ1n) is 16.7. The second-order valence-corrected chi connectivity index (χ2v) is 14.2. The van der Waals surface area contributed by atoms with Crippen LogP contribution in [0.25, 0.3) is 0 Å². The van der Waals surface area contributed by atoms with Crippen molar-refractivity contribution in [3.8, 4) is 0 Å². The molecule has 4 heteroatoms. The highest BCUT2D eigenvalue weighted by Gasteiger charge is 2.55. The summed E-state index contributed by atoms with van der Waals surface area (Å²) in [6.07, 6.45) is 22.2. The average Bonchev–Trinajstić information content (AvgIpc) is 3.26. The second kappa shape index (κ2) is 14.1. The fourth-order valence-corrected chi connectivity index (χ4v) is 9.17. The van der Waals surface area contributed by atoms with E-state index < -0.39 is 0 Å². The zero-order valence-corrected chi connectivity index (χ0v) is 26.3. The lowest BCUT2D eigenvalue weighted by molar-refractivity contribution is -0.144. The smallest absolute Gasteiger partial charge is 0.332 e. The molecular formula is C35H60N2O2. The van der Waals surface area contributed by atoms with Crippen molar-refractivity contribution >= 4 is 5.97 Å². The Morgan fingerprint density at radius 3 is 2.62 bits per heavy atom. The van der Waals surface area contributed by atoms with Crippen LogP contribution in [0.5, 0.6) is 0 Å². The van der Waals surface area contributed by atoms with Gasteiger partial charge in [0.05, 0.1) is 0 Å². The summed E-state index contributed by atoms with van der Waals surface area (Å²) >= 11 is 0. The molecule has 0 amide bonds. The monoisotopic (exact) mass is 540 g/mol. The average molecular weight is 541 g/mol. The molecule has 222 valence electrons. The van der Waals surface area contributed by atoms with E-state index in [9.17, 15) is 4.79 Å². The zero-order chi connectivity index (χ0) is 28.0. The Balaban J connectivity index is 1.26. The van der Waals surface area contributed by atoms with Crippen LogP contribution in [0.3, 0.4) is 0 Å². The van der Waals surface area contributed by atoms with Crippen molar-refractivity contribution in [2.45, 2.75) is 118 Å². The van der Waals surface area contributed by atoms with E-state index in [1.165, 1.54) is 64.2 Å². The van der Waals surface area contributed by atoms with Crippen LogP contribution in [0.4, 0.5) is 0 Å². The fourth-order valence-electron chi connectivity index (χ4n) is 9.17. The van der Waals surface area contributed by atoms with Crippen LogP contribution < -0.4 is 0 Å². The summed E-state index contributed by atoms with van der Waals surface area (Å²) in [5.41, 5.74) is 2.20. The Kier molecular flexibility index (Phi) is 11.1. The highest BCUT2D eigenvalue weighted by Crippen LogP contribution is 2.64. The molecule has 4 aliphatic carbocycles. The first kappa shape index (κ1) is 30.7. The molecule has 0 aliphatic heterocycles. The Morgan fingerprint density at radius 1 is 1.08 bits per heavy atom. The van der Waals surface area contributed by atoms with Gasteiger partial charge in [-0.15, -0.1) is 0 Å². The summed E-state index contributed by atoms with van der Waals surface area (Å²) < 4.78 is 5.95. The summed E-state index contributed by atoms with van der Waals surface area (Å²) in [7, 11) is 2.04. The van der Waals surface area contributed by atoms with Gasteiger partial charge in [-0.3, -0.25) is 0 Å². The largest absolute Gasteiger partial charge is 0.459 e. The van der Waals surface area contributed by atoms with E-state index in [0.717, 1.165) is 74.5 Å². The molecule has 7 atom stereocenters. The minimum absolute atomic E-state index is 0.0535. The van der Waals surface area contributed by atoms with E-state index in [1.54, 1.807) is 11.6 Å². The van der Waals surface area contributed by atoms with Gasteiger partial charge in [0.25, 0.3) is 0 Å². The van der Waals surface area contributed by atoms with E-state index in [2.05, 4.69) is 50.5 Å². The van der Waals surface area contributed by atoms with Crippen molar-refractivity contribution in [3.63, 3.8) is 0 Å². The number of allylic oxidation sites excluding steroid dienone is 1. The third-order valence-corrected chi connectivity index (χ3v) is 11.6. The number of likely N-dealkylation sites (N-methyl/N-ethyl adjacent to an activating group) is 2. The number of nitrogens with zero attached hydrogens (tertiary/aromatic N) is 2. The molecule has 0 aromatic heterocycles. The van der Waals surface area contributed by atoms with Crippen molar-refractivity contribution in [2.75, 3.05) is 33.2 Å². The number of ether oxygens (including phenoxy) is 1. The lowest BCUT2D eigenvalue weighted by Gasteiger charge is -2.54. The molecule has 4 rings (SSSR count). The van der Waals surface area contributed by atoms with E-state index in [1.807, 2.05) is 13.2 Å². The Hall–Kier alpha value is -1.29. The van der Waals surface area contributed by atoms with Gasteiger partial charge in [0.2, 0.25) is 0 Å². The maximum absolute atomic E-state index is 12.6. The van der Waals surface area contributed by atoms with E-state index in [4.69, 9.17) is 4.74 Å². The molecule has 4 aliphatic rings. The summed E-state index contributed by atoms with van der Waals surface area (Å²) in [5, 5.41) is 0. The molecule has 0 radical (unpaired) electrons. The highest BCUT2D eigenvalue weighted by molar-refractivity contribution is 5.82. The molecular weight excluding hydrogens is 480 g/mol. The SMILES string of the molecule is CCN(CC)CCN(C)/C=C/C(=O)OC1CCC2C(=CCC3C2CCC2(C)C(CCCCC(C)C)CCC32)C1. The number of hydrogen-bond donors (Lipinski definition) is 0. The Morgan fingerprint density at radius 2 is 1.87 bits per heavy atom. The number of fused-ring (bicyclic) bond motifs is 5. The predicted octanol–water partition coefficient (Wildman–Crippen LogP) is 8.09. The number of esters is 1.